The van der Waals surface area contributed by atoms with Gasteiger partial charge in [-0.15, -0.1) is 0 Å². The Hall–Kier alpha value is -2.32. The molecule has 0 bridgehead atoms. The van der Waals surface area contributed by atoms with E-state index >= 15 is 0 Å². The highest BCUT2D eigenvalue weighted by Crippen LogP contribution is 2.36. The van der Waals surface area contributed by atoms with Crippen LogP contribution in [0.4, 0.5) is 5.82 Å². The minimum Gasteiger partial charge on any atom is -0.372 e. The SMILES string of the molecule is N#Cc1ccccc1-n1nc(C2CCCO2)c2c1NCCCC2. The summed E-state index contributed by atoms with van der Waals surface area (Å²) < 4.78 is 7.80. The van der Waals surface area contributed by atoms with E-state index in [-0.39, 0.29) is 6.10 Å². The largest absolute Gasteiger partial charge is 0.372 e. The van der Waals surface area contributed by atoms with E-state index < -0.39 is 0 Å². The van der Waals surface area contributed by atoms with Crippen LogP contribution >= 0.6 is 0 Å². The van der Waals surface area contributed by atoms with Crippen molar-refractivity contribution >= 4 is 5.82 Å². The fraction of sp³-hybridized carbons (Fsp3) is 0.444. The van der Waals surface area contributed by atoms with Crippen LogP contribution in [0.3, 0.4) is 0 Å². The molecule has 5 nitrogen and oxygen atoms in total. The van der Waals surface area contributed by atoms with Gasteiger partial charge in [0, 0.05) is 18.7 Å². The molecular formula is C18H20N4O. The summed E-state index contributed by atoms with van der Waals surface area (Å²) in [5.41, 5.74) is 3.80. The summed E-state index contributed by atoms with van der Waals surface area (Å²) in [6.45, 7) is 1.76. The topological polar surface area (TPSA) is 62.9 Å². The smallest absolute Gasteiger partial charge is 0.133 e. The van der Waals surface area contributed by atoms with Crippen molar-refractivity contribution in [2.24, 2.45) is 0 Å². The average Bonchev–Trinajstić information content (AvgIpc) is 3.17. The van der Waals surface area contributed by atoms with Gasteiger partial charge in [-0.1, -0.05) is 12.1 Å². The summed E-state index contributed by atoms with van der Waals surface area (Å²) in [5.74, 6) is 1.04. The molecule has 1 unspecified atom stereocenters. The lowest BCUT2D eigenvalue weighted by molar-refractivity contribution is 0.107. The molecule has 0 radical (unpaired) electrons. The van der Waals surface area contributed by atoms with E-state index in [9.17, 15) is 5.26 Å². The third kappa shape index (κ3) is 2.49. The van der Waals surface area contributed by atoms with E-state index in [1.165, 1.54) is 5.56 Å². The van der Waals surface area contributed by atoms with Crippen LogP contribution in [0.2, 0.25) is 0 Å². The molecule has 2 aromatic rings. The van der Waals surface area contributed by atoms with Crippen molar-refractivity contribution < 1.29 is 4.74 Å². The number of hydrogen-bond donors (Lipinski definition) is 1. The molecule has 4 rings (SSSR count). The Labute approximate surface area is 135 Å². The highest BCUT2D eigenvalue weighted by atomic mass is 16.5. The first-order valence-electron chi connectivity index (χ1n) is 8.35. The molecule has 23 heavy (non-hydrogen) atoms. The Morgan fingerprint density at radius 2 is 2.17 bits per heavy atom. The summed E-state index contributed by atoms with van der Waals surface area (Å²) >= 11 is 0. The Morgan fingerprint density at radius 3 is 3.00 bits per heavy atom. The van der Waals surface area contributed by atoms with Gasteiger partial charge in [-0.25, -0.2) is 4.68 Å². The van der Waals surface area contributed by atoms with Crippen molar-refractivity contribution in [1.29, 1.82) is 5.26 Å². The molecule has 1 atom stereocenters. The second-order valence-electron chi connectivity index (χ2n) is 6.14. The molecule has 1 aromatic heterocycles. The lowest BCUT2D eigenvalue weighted by Gasteiger charge is -2.10. The summed E-state index contributed by atoms with van der Waals surface area (Å²) in [4.78, 5) is 0. The van der Waals surface area contributed by atoms with Crippen molar-refractivity contribution in [3.63, 3.8) is 0 Å². The lowest BCUT2D eigenvalue weighted by atomic mass is 10.0. The maximum Gasteiger partial charge on any atom is 0.133 e. The number of nitriles is 1. The maximum atomic E-state index is 9.42. The number of rotatable bonds is 2. The molecule has 3 heterocycles. The molecule has 0 saturated carbocycles. The standard InChI is InChI=1S/C18H20N4O/c19-12-13-6-1-2-8-15(13)22-18-14(7-3-4-10-20-18)17(21-22)16-9-5-11-23-16/h1-2,6,8,16,20H,3-5,7,9-11H2. The molecule has 118 valence electrons. The first-order valence-corrected chi connectivity index (χ1v) is 8.35. The zero-order valence-corrected chi connectivity index (χ0v) is 13.1. The molecule has 5 heteroatoms. The van der Waals surface area contributed by atoms with E-state index in [4.69, 9.17) is 9.84 Å². The van der Waals surface area contributed by atoms with Crippen LogP contribution in [0.15, 0.2) is 24.3 Å². The first-order chi connectivity index (χ1) is 11.4. The predicted octanol–water partition coefficient (Wildman–Crippen LogP) is 3.34. The van der Waals surface area contributed by atoms with Gasteiger partial charge in [0.15, 0.2) is 0 Å². The number of fused-ring (bicyclic) bond motifs is 1. The zero-order chi connectivity index (χ0) is 15.6. The fourth-order valence-electron chi connectivity index (χ4n) is 3.51. The molecule has 2 aliphatic rings. The van der Waals surface area contributed by atoms with Gasteiger partial charge in [-0.2, -0.15) is 10.4 Å². The number of aromatic nitrogens is 2. The van der Waals surface area contributed by atoms with Crippen LogP contribution in [-0.4, -0.2) is 22.9 Å². The van der Waals surface area contributed by atoms with E-state index in [1.807, 2.05) is 28.9 Å². The summed E-state index contributed by atoms with van der Waals surface area (Å²) in [7, 11) is 0. The van der Waals surface area contributed by atoms with E-state index in [2.05, 4.69) is 11.4 Å². The van der Waals surface area contributed by atoms with Crippen LogP contribution in [0.1, 0.15) is 48.6 Å². The van der Waals surface area contributed by atoms with E-state index in [0.717, 1.165) is 62.5 Å². The van der Waals surface area contributed by atoms with Gasteiger partial charge in [0.1, 0.15) is 18.0 Å². The number of nitrogens with one attached hydrogen (secondary N) is 1. The van der Waals surface area contributed by atoms with Crippen LogP contribution in [0, 0.1) is 11.3 Å². The lowest BCUT2D eigenvalue weighted by Crippen LogP contribution is -2.08. The Morgan fingerprint density at radius 1 is 1.26 bits per heavy atom. The molecule has 1 saturated heterocycles. The zero-order valence-electron chi connectivity index (χ0n) is 13.1. The van der Waals surface area contributed by atoms with Gasteiger partial charge in [0.2, 0.25) is 0 Å². The average molecular weight is 308 g/mol. The van der Waals surface area contributed by atoms with E-state index in [1.54, 1.807) is 0 Å². The number of ether oxygens (including phenoxy) is 1. The van der Waals surface area contributed by atoms with Gasteiger partial charge in [-0.05, 0) is 44.2 Å². The Bertz CT molecular complexity index is 753. The number of anilines is 1. The second kappa shape index (κ2) is 6.05. The highest BCUT2D eigenvalue weighted by Gasteiger charge is 2.29. The second-order valence-corrected chi connectivity index (χ2v) is 6.14. The molecule has 1 fully saturated rings. The maximum absolute atomic E-state index is 9.42. The quantitative estimate of drug-likeness (QED) is 0.924. The van der Waals surface area contributed by atoms with Crippen LogP contribution in [0.25, 0.3) is 5.69 Å². The first kappa shape index (κ1) is 14.3. The van der Waals surface area contributed by atoms with Crippen LogP contribution < -0.4 is 5.32 Å². The minimum absolute atomic E-state index is 0.0964. The van der Waals surface area contributed by atoms with Crippen molar-refractivity contribution in [2.45, 2.75) is 38.2 Å². The van der Waals surface area contributed by atoms with Crippen molar-refractivity contribution in [3.05, 3.63) is 41.1 Å². The fourth-order valence-corrected chi connectivity index (χ4v) is 3.51. The number of para-hydroxylation sites is 1. The predicted molar refractivity (Wildman–Crippen MR) is 87.6 cm³/mol. The summed E-state index contributed by atoms with van der Waals surface area (Å²) in [5, 5.41) is 17.8. The van der Waals surface area contributed by atoms with Gasteiger partial charge >= 0.3 is 0 Å². The Kier molecular flexibility index (Phi) is 3.76. The molecule has 0 amide bonds. The van der Waals surface area contributed by atoms with Crippen molar-refractivity contribution in [2.75, 3.05) is 18.5 Å². The summed E-state index contributed by atoms with van der Waals surface area (Å²) in [6, 6.07) is 9.91. The molecule has 1 aromatic carbocycles. The van der Waals surface area contributed by atoms with Gasteiger partial charge in [0.05, 0.1) is 16.9 Å². The van der Waals surface area contributed by atoms with Gasteiger partial charge in [-0.3, -0.25) is 0 Å². The Balaban J connectivity index is 1.88. The molecule has 0 aliphatic carbocycles. The number of nitrogens with zero attached hydrogens (tertiary/aromatic N) is 3. The van der Waals surface area contributed by atoms with Crippen LogP contribution in [-0.2, 0) is 11.2 Å². The van der Waals surface area contributed by atoms with Crippen molar-refractivity contribution in [1.82, 2.24) is 9.78 Å². The van der Waals surface area contributed by atoms with Crippen molar-refractivity contribution in [3.8, 4) is 11.8 Å². The minimum atomic E-state index is 0.0964. The van der Waals surface area contributed by atoms with Crippen LogP contribution in [0.5, 0.6) is 0 Å². The molecular weight excluding hydrogens is 288 g/mol. The number of hydrogen-bond acceptors (Lipinski definition) is 4. The van der Waals surface area contributed by atoms with E-state index in [0.29, 0.717) is 5.56 Å². The van der Waals surface area contributed by atoms with Gasteiger partial charge < -0.3 is 10.1 Å². The monoisotopic (exact) mass is 308 g/mol. The molecule has 0 spiro atoms. The normalized spacial score (nSPS) is 20.4. The molecule has 2 aliphatic heterocycles. The third-order valence-electron chi connectivity index (χ3n) is 4.65. The highest BCUT2D eigenvalue weighted by molar-refractivity contribution is 5.58. The number of benzene rings is 1. The third-order valence-corrected chi connectivity index (χ3v) is 4.65. The van der Waals surface area contributed by atoms with Gasteiger partial charge in [0.25, 0.3) is 0 Å². The molecule has 1 N–H and O–H groups in total. The summed E-state index contributed by atoms with van der Waals surface area (Å²) in [6.07, 6.45) is 5.55.